The van der Waals surface area contributed by atoms with Gasteiger partial charge in [0.25, 0.3) is 0 Å². The van der Waals surface area contributed by atoms with Crippen LogP contribution in [0.2, 0.25) is 0 Å². The van der Waals surface area contributed by atoms with Crippen LogP contribution in [0, 0.1) is 6.92 Å². The van der Waals surface area contributed by atoms with Crippen LogP contribution in [0.15, 0.2) is 48.5 Å². The number of ether oxygens (including phenoxy) is 1. The highest BCUT2D eigenvalue weighted by molar-refractivity contribution is 5.92. The smallest absolute Gasteiger partial charge is 0.408 e. The Morgan fingerprint density at radius 3 is 2.14 bits per heavy atom. The Labute approximate surface area is 214 Å². The largest absolute Gasteiger partial charge is 0.508 e. The van der Waals surface area contributed by atoms with Crippen LogP contribution in [0.4, 0.5) is 4.79 Å². The summed E-state index contributed by atoms with van der Waals surface area (Å²) in [6.45, 7) is 14.3. The number of nitrogens with zero attached hydrogens (tertiary/aromatic N) is 1. The molecule has 0 spiro atoms. The fourth-order valence-corrected chi connectivity index (χ4v) is 3.75. The molecule has 0 fully saturated rings. The second-order valence-corrected chi connectivity index (χ2v) is 10.9. The van der Waals surface area contributed by atoms with Crippen molar-refractivity contribution >= 4 is 17.9 Å². The van der Waals surface area contributed by atoms with Gasteiger partial charge in [-0.1, -0.05) is 36.4 Å². The molecule has 0 aliphatic carbocycles. The first-order valence-electron chi connectivity index (χ1n) is 12.0. The summed E-state index contributed by atoms with van der Waals surface area (Å²) in [6.07, 6.45) is -0.720. The van der Waals surface area contributed by atoms with Gasteiger partial charge in [0.2, 0.25) is 11.8 Å². The number of carbonyl (C=O) groups is 3. The molecule has 2 unspecified atom stereocenters. The Kier molecular flexibility index (Phi) is 9.13. The Bertz CT molecular complexity index is 1070. The molecule has 2 rings (SSSR count). The number of amides is 3. The van der Waals surface area contributed by atoms with Crippen LogP contribution in [0.3, 0.4) is 0 Å². The monoisotopic (exact) mass is 497 g/mol. The topological polar surface area (TPSA) is 108 Å². The van der Waals surface area contributed by atoms with Gasteiger partial charge in [0.05, 0.1) is 0 Å². The number of hydrogen-bond donors (Lipinski definition) is 3. The number of rotatable bonds is 7. The molecule has 2 atom stereocenters. The molecule has 2 aromatic rings. The van der Waals surface area contributed by atoms with Gasteiger partial charge in [-0.2, -0.15) is 0 Å². The van der Waals surface area contributed by atoms with E-state index in [4.69, 9.17) is 4.74 Å². The van der Waals surface area contributed by atoms with Gasteiger partial charge in [0.1, 0.15) is 23.4 Å². The van der Waals surface area contributed by atoms with Crippen LogP contribution in [0.25, 0.3) is 0 Å². The molecule has 3 N–H and O–H groups in total. The number of aromatic hydroxyl groups is 1. The number of benzene rings is 2. The maximum absolute atomic E-state index is 13.8. The number of aryl methyl sites for hydroxylation is 1. The van der Waals surface area contributed by atoms with Crippen LogP contribution in [-0.2, 0) is 20.9 Å². The van der Waals surface area contributed by atoms with E-state index in [2.05, 4.69) is 10.6 Å². The first-order chi connectivity index (χ1) is 16.6. The fraction of sp³-hybridized carbons (Fsp3) is 0.464. The lowest BCUT2D eigenvalue weighted by Gasteiger charge is -2.42. The summed E-state index contributed by atoms with van der Waals surface area (Å²) in [5, 5.41) is 15.6. The third kappa shape index (κ3) is 8.00. The number of hydrogen-bond acceptors (Lipinski definition) is 5. The SMILES string of the molecule is Cc1cc(C(C(=O)NCc2ccccc2)N(C(=O)C(C)NC(=O)OC(C)(C)C)C(C)(C)C)ccc1O. The molecular formula is C28H39N3O5. The Balaban J connectivity index is 2.44. The Hall–Kier alpha value is -3.55. The quantitative estimate of drug-likeness (QED) is 0.518. The van der Waals surface area contributed by atoms with E-state index in [1.807, 2.05) is 51.1 Å². The van der Waals surface area contributed by atoms with Crippen LogP contribution in [0.1, 0.15) is 71.2 Å². The molecule has 0 bridgehead atoms. The minimum absolute atomic E-state index is 0.0933. The van der Waals surface area contributed by atoms with Crippen LogP contribution in [0.5, 0.6) is 5.75 Å². The fourth-order valence-electron chi connectivity index (χ4n) is 3.75. The minimum atomic E-state index is -1.01. The molecule has 0 aromatic heterocycles. The van der Waals surface area contributed by atoms with Gasteiger partial charge in [0.15, 0.2) is 0 Å². The highest BCUT2D eigenvalue weighted by atomic mass is 16.6. The molecule has 0 radical (unpaired) electrons. The van der Waals surface area contributed by atoms with Crippen molar-refractivity contribution in [1.82, 2.24) is 15.5 Å². The third-order valence-electron chi connectivity index (χ3n) is 5.42. The number of phenolic OH excluding ortho intramolecular Hbond substituents is 1. The van der Waals surface area contributed by atoms with Crippen molar-refractivity contribution in [3.8, 4) is 5.75 Å². The normalized spacial score (nSPS) is 13.3. The maximum atomic E-state index is 13.8. The maximum Gasteiger partial charge on any atom is 0.408 e. The lowest BCUT2D eigenvalue weighted by molar-refractivity contribution is -0.148. The van der Waals surface area contributed by atoms with Crippen LogP contribution in [-0.4, -0.2) is 45.1 Å². The molecule has 0 heterocycles. The summed E-state index contributed by atoms with van der Waals surface area (Å²) in [5.41, 5.74) is 0.528. The molecule has 8 heteroatoms. The summed E-state index contributed by atoms with van der Waals surface area (Å²) in [5.74, 6) is -0.730. The van der Waals surface area contributed by atoms with Gasteiger partial charge >= 0.3 is 6.09 Å². The van der Waals surface area contributed by atoms with Crippen molar-refractivity contribution in [2.24, 2.45) is 0 Å². The van der Waals surface area contributed by atoms with Gasteiger partial charge in [-0.05, 0) is 84.2 Å². The molecule has 196 valence electrons. The van der Waals surface area contributed by atoms with E-state index < -0.39 is 35.2 Å². The lowest BCUT2D eigenvalue weighted by Crippen LogP contribution is -2.57. The average molecular weight is 498 g/mol. The zero-order valence-electron chi connectivity index (χ0n) is 22.5. The molecule has 3 amide bonds. The van der Waals surface area contributed by atoms with Gasteiger partial charge in [-0.15, -0.1) is 0 Å². The van der Waals surface area contributed by atoms with E-state index in [0.717, 1.165) is 5.56 Å². The average Bonchev–Trinajstić information content (AvgIpc) is 2.75. The van der Waals surface area contributed by atoms with Crippen molar-refractivity contribution in [2.75, 3.05) is 0 Å². The number of alkyl carbamates (subject to hydrolysis) is 1. The Morgan fingerprint density at radius 2 is 1.61 bits per heavy atom. The lowest BCUT2D eigenvalue weighted by atomic mass is 9.94. The predicted octanol–water partition coefficient (Wildman–Crippen LogP) is 4.60. The van der Waals surface area contributed by atoms with Gasteiger partial charge in [-0.3, -0.25) is 9.59 Å². The van der Waals surface area contributed by atoms with Crippen molar-refractivity contribution in [3.05, 3.63) is 65.2 Å². The van der Waals surface area contributed by atoms with Gasteiger partial charge in [0, 0.05) is 12.1 Å². The van der Waals surface area contributed by atoms with E-state index in [9.17, 15) is 19.5 Å². The first kappa shape index (κ1) is 28.7. The predicted molar refractivity (Wildman–Crippen MR) is 139 cm³/mol. The van der Waals surface area contributed by atoms with Crippen molar-refractivity contribution in [3.63, 3.8) is 0 Å². The highest BCUT2D eigenvalue weighted by Crippen LogP contribution is 2.32. The third-order valence-corrected chi connectivity index (χ3v) is 5.42. The van der Waals surface area contributed by atoms with Crippen LogP contribution < -0.4 is 10.6 Å². The summed E-state index contributed by atoms with van der Waals surface area (Å²) in [7, 11) is 0. The van der Waals surface area contributed by atoms with Gasteiger partial charge in [-0.25, -0.2) is 4.79 Å². The summed E-state index contributed by atoms with van der Waals surface area (Å²) in [6, 6.07) is 12.3. The van der Waals surface area contributed by atoms with Gasteiger partial charge < -0.3 is 25.4 Å². The molecule has 2 aromatic carbocycles. The van der Waals surface area contributed by atoms with E-state index in [0.29, 0.717) is 11.1 Å². The van der Waals surface area contributed by atoms with Crippen molar-refractivity contribution < 1.29 is 24.2 Å². The summed E-state index contributed by atoms with van der Waals surface area (Å²) in [4.78, 5) is 41.2. The van der Waals surface area contributed by atoms with Crippen molar-refractivity contribution in [1.29, 1.82) is 0 Å². The standard InChI is InChI=1S/C28H39N3O5/c1-18-16-21(14-15-22(18)32)23(24(33)29-17-20-12-10-9-11-13-20)31(27(3,4)5)25(34)19(2)30-26(35)36-28(6,7)8/h9-16,19,23,32H,17H2,1-8H3,(H,29,33)(H,30,35). The van der Waals surface area contributed by atoms with E-state index in [1.165, 1.54) is 11.0 Å². The van der Waals surface area contributed by atoms with Crippen LogP contribution >= 0.6 is 0 Å². The second kappa shape index (κ2) is 11.5. The summed E-state index contributed by atoms with van der Waals surface area (Å²) < 4.78 is 5.31. The molecule has 36 heavy (non-hydrogen) atoms. The second-order valence-electron chi connectivity index (χ2n) is 10.9. The number of carbonyl (C=O) groups excluding carboxylic acids is 3. The molecule has 8 nitrogen and oxygen atoms in total. The Morgan fingerprint density at radius 1 is 1.00 bits per heavy atom. The highest BCUT2D eigenvalue weighted by Gasteiger charge is 2.40. The minimum Gasteiger partial charge on any atom is -0.508 e. The van der Waals surface area contributed by atoms with E-state index >= 15 is 0 Å². The number of phenols is 1. The molecule has 0 saturated carbocycles. The molecular weight excluding hydrogens is 458 g/mol. The zero-order valence-corrected chi connectivity index (χ0v) is 22.5. The molecule has 0 aliphatic heterocycles. The molecule has 0 aliphatic rings. The first-order valence-corrected chi connectivity index (χ1v) is 12.0. The number of nitrogens with one attached hydrogen (secondary N) is 2. The van der Waals surface area contributed by atoms with Crippen molar-refractivity contribution in [2.45, 2.75) is 85.2 Å². The summed E-state index contributed by atoms with van der Waals surface area (Å²) >= 11 is 0. The zero-order chi connectivity index (χ0) is 27.3. The molecule has 0 saturated heterocycles. The van der Waals surface area contributed by atoms with E-state index in [-0.39, 0.29) is 18.2 Å². The van der Waals surface area contributed by atoms with E-state index in [1.54, 1.807) is 46.8 Å².